The summed E-state index contributed by atoms with van der Waals surface area (Å²) in [6.45, 7) is 1.82. The van der Waals surface area contributed by atoms with Gasteiger partial charge in [-0.25, -0.2) is 34.7 Å². The van der Waals surface area contributed by atoms with Gasteiger partial charge in [-0.3, -0.25) is 5.41 Å². The Hall–Kier alpha value is -2.69. The van der Waals surface area contributed by atoms with Crippen molar-refractivity contribution in [1.82, 2.24) is 9.62 Å². The van der Waals surface area contributed by atoms with Gasteiger partial charge in [-0.2, -0.15) is 0 Å². The summed E-state index contributed by atoms with van der Waals surface area (Å²) in [4.78, 5) is 0. The highest BCUT2D eigenvalue weighted by molar-refractivity contribution is 7.90. The largest absolute Gasteiger partial charge is 0.344 e. The third-order valence-electron chi connectivity index (χ3n) is 5.14. The first kappa shape index (κ1) is 22.0. The van der Waals surface area contributed by atoms with Crippen LogP contribution in [0.15, 0.2) is 36.4 Å². The van der Waals surface area contributed by atoms with E-state index in [1.807, 2.05) is 0 Å². The number of nitrogens with one attached hydrogen (secondary N) is 2. The molecular formula is C19H18F5N3O2S. The fraction of sp³-hybridized carbons (Fsp3) is 0.316. The molecule has 162 valence electrons. The molecule has 0 saturated carbocycles. The molecule has 0 spiro atoms. The van der Waals surface area contributed by atoms with E-state index in [2.05, 4.69) is 5.32 Å². The van der Waals surface area contributed by atoms with Crippen LogP contribution in [0.2, 0.25) is 0 Å². The fourth-order valence-corrected chi connectivity index (χ4v) is 5.55. The van der Waals surface area contributed by atoms with Crippen molar-refractivity contribution in [3.8, 4) is 0 Å². The molecule has 1 aliphatic heterocycles. The van der Waals surface area contributed by atoms with Crippen LogP contribution < -0.4 is 5.32 Å². The molecular weight excluding hydrogens is 429 g/mol. The summed E-state index contributed by atoms with van der Waals surface area (Å²) in [5.41, 5.74) is -3.30. The van der Waals surface area contributed by atoms with Crippen LogP contribution in [0.25, 0.3) is 0 Å². The molecule has 5 nitrogen and oxygen atoms in total. The highest BCUT2D eigenvalue weighted by Crippen LogP contribution is 2.46. The van der Waals surface area contributed by atoms with Gasteiger partial charge in [0.25, 0.3) is 5.92 Å². The number of hydrogen-bond acceptors (Lipinski definition) is 3. The minimum Gasteiger partial charge on any atom is -0.344 e. The zero-order chi connectivity index (χ0) is 22.6. The summed E-state index contributed by atoms with van der Waals surface area (Å²) in [5.74, 6) is -7.74. The van der Waals surface area contributed by atoms with E-state index in [9.17, 15) is 30.4 Å². The van der Waals surface area contributed by atoms with Crippen LogP contribution in [0, 0.1) is 22.9 Å². The molecule has 0 bridgehead atoms. The lowest BCUT2D eigenvalue weighted by atomic mass is 9.83. The molecule has 0 aliphatic carbocycles. The number of halogens is 5. The Morgan fingerprint density at radius 1 is 1.10 bits per heavy atom. The van der Waals surface area contributed by atoms with Crippen molar-refractivity contribution in [1.29, 1.82) is 5.41 Å². The van der Waals surface area contributed by atoms with Gasteiger partial charge in [-0.1, -0.05) is 24.3 Å². The van der Waals surface area contributed by atoms with E-state index < -0.39 is 55.7 Å². The molecule has 1 heterocycles. The van der Waals surface area contributed by atoms with Crippen molar-refractivity contribution in [2.75, 3.05) is 7.05 Å². The van der Waals surface area contributed by atoms with Crippen LogP contribution in [-0.2, 0) is 21.5 Å². The number of benzene rings is 2. The van der Waals surface area contributed by atoms with Gasteiger partial charge in [0.15, 0.2) is 0 Å². The van der Waals surface area contributed by atoms with E-state index in [0.717, 1.165) is 38.2 Å². The quantitative estimate of drug-likeness (QED) is 0.700. The van der Waals surface area contributed by atoms with E-state index in [0.29, 0.717) is 23.4 Å². The first-order valence-corrected chi connectivity index (χ1v) is 10.2. The summed E-state index contributed by atoms with van der Waals surface area (Å²) in [5, 5.41) is 8.70. The molecule has 30 heavy (non-hydrogen) atoms. The smallest absolute Gasteiger partial charge is 0.270 e. The summed E-state index contributed by atoms with van der Waals surface area (Å²) in [7, 11) is -3.35. The standard InChI is InChI=1S/C19H18F5N3O2S/c1-18(15-13(21)8-12(20)9-14(15)22)16(30(28,29)27(3)17(25)26-18)10-4-6-11(7-5-10)19(2,23)24/h4-9,16H,1-3H3,(H2,25,26)/t16-,18-/m1/s1. The molecule has 1 aliphatic rings. The van der Waals surface area contributed by atoms with Crippen LogP contribution in [0.1, 0.15) is 35.8 Å². The van der Waals surface area contributed by atoms with Crippen molar-refractivity contribution in [3.63, 3.8) is 0 Å². The van der Waals surface area contributed by atoms with Crippen molar-refractivity contribution in [2.24, 2.45) is 0 Å². The van der Waals surface area contributed by atoms with Gasteiger partial charge < -0.3 is 5.32 Å². The predicted molar refractivity (Wildman–Crippen MR) is 100.0 cm³/mol. The third-order valence-corrected chi connectivity index (χ3v) is 7.43. The molecule has 0 amide bonds. The number of hydrogen-bond donors (Lipinski definition) is 2. The molecule has 0 unspecified atom stereocenters. The summed E-state index contributed by atoms with van der Waals surface area (Å²) < 4.78 is 96.7. The zero-order valence-corrected chi connectivity index (χ0v) is 16.9. The van der Waals surface area contributed by atoms with E-state index in [-0.39, 0.29) is 11.1 Å². The second kappa shape index (κ2) is 6.93. The van der Waals surface area contributed by atoms with Gasteiger partial charge in [-0.05, 0) is 12.5 Å². The van der Waals surface area contributed by atoms with Gasteiger partial charge in [0.05, 0.1) is 11.1 Å². The highest BCUT2D eigenvalue weighted by atomic mass is 32.2. The van der Waals surface area contributed by atoms with E-state index in [4.69, 9.17) is 5.41 Å². The highest BCUT2D eigenvalue weighted by Gasteiger charge is 2.54. The molecule has 2 aromatic carbocycles. The minimum atomic E-state index is -4.42. The Balaban J connectivity index is 2.29. The van der Waals surface area contributed by atoms with Crippen LogP contribution in [-0.4, -0.2) is 25.7 Å². The summed E-state index contributed by atoms with van der Waals surface area (Å²) in [6, 6.07) is 5.08. The second-order valence-corrected chi connectivity index (χ2v) is 9.37. The average Bonchev–Trinajstić information content (AvgIpc) is 2.58. The van der Waals surface area contributed by atoms with Gasteiger partial charge in [0, 0.05) is 31.7 Å². The van der Waals surface area contributed by atoms with E-state index >= 15 is 0 Å². The predicted octanol–water partition coefficient (Wildman–Crippen LogP) is 3.97. The maximum atomic E-state index is 14.6. The zero-order valence-electron chi connectivity index (χ0n) is 16.1. The van der Waals surface area contributed by atoms with Gasteiger partial charge >= 0.3 is 0 Å². The van der Waals surface area contributed by atoms with E-state index in [1.54, 1.807) is 0 Å². The average molecular weight is 447 g/mol. The normalized spacial score (nSPS) is 23.9. The SMILES string of the molecule is CN1C(=N)N[C@](C)(c2c(F)cc(F)cc2F)[C@@H](c2ccc(C(C)(F)F)cc2)S1(=O)=O. The second-order valence-electron chi connectivity index (χ2n) is 7.32. The number of alkyl halides is 2. The molecule has 2 atom stereocenters. The number of sulfonamides is 1. The topological polar surface area (TPSA) is 73.3 Å². The Bertz CT molecular complexity index is 1090. The minimum absolute atomic E-state index is 0.0412. The van der Waals surface area contributed by atoms with Gasteiger partial charge in [0.2, 0.25) is 16.0 Å². The summed E-state index contributed by atoms with van der Waals surface area (Å²) >= 11 is 0. The Morgan fingerprint density at radius 3 is 2.07 bits per heavy atom. The van der Waals surface area contributed by atoms with Crippen LogP contribution in [0.3, 0.4) is 0 Å². The summed E-state index contributed by atoms with van der Waals surface area (Å²) in [6.07, 6.45) is 0. The van der Waals surface area contributed by atoms with Crippen LogP contribution in [0.4, 0.5) is 22.0 Å². The molecule has 3 rings (SSSR count). The molecule has 0 aromatic heterocycles. The Kier molecular flexibility index (Phi) is 5.08. The molecule has 11 heteroatoms. The van der Waals surface area contributed by atoms with Crippen molar-refractivity contribution in [2.45, 2.75) is 30.6 Å². The van der Waals surface area contributed by atoms with Crippen molar-refractivity contribution >= 4 is 16.0 Å². The van der Waals surface area contributed by atoms with Crippen LogP contribution >= 0.6 is 0 Å². The maximum Gasteiger partial charge on any atom is 0.270 e. The van der Waals surface area contributed by atoms with Crippen LogP contribution in [0.5, 0.6) is 0 Å². The molecule has 1 saturated heterocycles. The van der Waals surface area contributed by atoms with Crippen molar-refractivity contribution < 1.29 is 30.4 Å². The molecule has 0 radical (unpaired) electrons. The van der Waals surface area contributed by atoms with E-state index in [1.165, 1.54) is 0 Å². The van der Waals surface area contributed by atoms with Gasteiger partial charge in [-0.15, -0.1) is 0 Å². The van der Waals surface area contributed by atoms with Gasteiger partial charge in [0.1, 0.15) is 22.7 Å². The maximum absolute atomic E-state index is 14.6. The Morgan fingerprint density at radius 2 is 1.60 bits per heavy atom. The first-order valence-electron chi connectivity index (χ1n) is 8.67. The fourth-order valence-electron chi connectivity index (χ4n) is 3.66. The third kappa shape index (κ3) is 3.40. The Labute approximate surface area is 170 Å². The lowest BCUT2D eigenvalue weighted by Crippen LogP contribution is -2.62. The molecule has 2 N–H and O–H groups in total. The molecule has 1 fully saturated rings. The molecule has 2 aromatic rings. The monoisotopic (exact) mass is 447 g/mol. The number of rotatable bonds is 3. The lowest BCUT2D eigenvalue weighted by molar-refractivity contribution is 0.0174. The first-order chi connectivity index (χ1) is 13.7. The van der Waals surface area contributed by atoms with Crippen molar-refractivity contribution in [3.05, 3.63) is 70.5 Å². The lowest BCUT2D eigenvalue weighted by Gasteiger charge is -2.46. The number of nitrogens with zero attached hydrogens (tertiary/aromatic N) is 1. The number of guanidine groups is 1.